The summed E-state index contributed by atoms with van der Waals surface area (Å²) in [6.45, 7) is 0. The van der Waals surface area contributed by atoms with Crippen LogP contribution >= 0.6 is 0 Å². The fourth-order valence-corrected chi connectivity index (χ4v) is 8.39. The summed E-state index contributed by atoms with van der Waals surface area (Å²) in [6.07, 6.45) is 0. The van der Waals surface area contributed by atoms with Gasteiger partial charge in [0.25, 0.3) is 0 Å². The summed E-state index contributed by atoms with van der Waals surface area (Å²) >= 11 is 0. The highest BCUT2D eigenvalue weighted by atomic mass is 15.0. The Balaban J connectivity index is 1.21. The maximum Gasteiger partial charge on any atom is 0.101 e. The molecule has 0 unspecified atom stereocenters. The summed E-state index contributed by atoms with van der Waals surface area (Å²) < 4.78 is 4.46. The van der Waals surface area contributed by atoms with Gasteiger partial charge in [-0.3, -0.25) is 0 Å². The van der Waals surface area contributed by atoms with Crippen LogP contribution in [0, 0.1) is 34.0 Å². The molecule has 0 aliphatic heterocycles. The molecule has 0 saturated heterocycles. The standard InChI is InChI=1S/C51H29N5/c52-30-33-20-24-37(25-21-33)55-48-19-8-6-15-42(48)45-17-9-16-44(51(45)55)41-14-5-4-13-40(41)39-12-3-2-11-38(39)35-23-26-43-46-28-34(31-53)22-27-49(46)56(50(43)29-35)47-18-7-1-10-36(47)32-54/h1-29H. The van der Waals surface area contributed by atoms with Gasteiger partial charge in [-0.2, -0.15) is 15.8 Å². The Labute approximate surface area is 323 Å². The Morgan fingerprint density at radius 2 is 0.946 bits per heavy atom. The van der Waals surface area contributed by atoms with Crippen LogP contribution in [0.2, 0.25) is 0 Å². The minimum Gasteiger partial charge on any atom is -0.309 e. The Morgan fingerprint density at radius 1 is 0.357 bits per heavy atom. The van der Waals surface area contributed by atoms with E-state index in [1.165, 1.54) is 0 Å². The first-order chi connectivity index (χ1) is 27.7. The van der Waals surface area contributed by atoms with Crippen molar-refractivity contribution in [2.24, 2.45) is 0 Å². The molecule has 2 heterocycles. The van der Waals surface area contributed by atoms with Crippen molar-refractivity contribution in [3.8, 4) is 63.0 Å². The monoisotopic (exact) mass is 711 g/mol. The van der Waals surface area contributed by atoms with Gasteiger partial charge < -0.3 is 9.13 Å². The third kappa shape index (κ3) is 4.99. The summed E-state index contributed by atoms with van der Waals surface area (Å²) in [7, 11) is 0. The molecule has 8 aromatic carbocycles. The third-order valence-corrected chi connectivity index (χ3v) is 10.9. The highest BCUT2D eigenvalue weighted by Gasteiger charge is 2.21. The first-order valence-electron chi connectivity index (χ1n) is 18.4. The Morgan fingerprint density at radius 3 is 1.71 bits per heavy atom. The molecule has 2 aromatic heterocycles. The molecule has 0 N–H and O–H groups in total. The molecule has 10 aromatic rings. The lowest BCUT2D eigenvalue weighted by Gasteiger charge is -2.17. The van der Waals surface area contributed by atoms with Crippen molar-refractivity contribution in [3.63, 3.8) is 0 Å². The van der Waals surface area contributed by atoms with Gasteiger partial charge in [0.1, 0.15) is 6.07 Å². The largest absolute Gasteiger partial charge is 0.309 e. The summed E-state index contributed by atoms with van der Waals surface area (Å²) in [5, 5.41) is 33.8. The predicted octanol–water partition coefficient (Wildman–Crippen LogP) is 12.5. The van der Waals surface area contributed by atoms with Gasteiger partial charge in [0.15, 0.2) is 0 Å². The van der Waals surface area contributed by atoms with Crippen LogP contribution in [-0.4, -0.2) is 9.13 Å². The van der Waals surface area contributed by atoms with Crippen molar-refractivity contribution in [3.05, 3.63) is 193 Å². The van der Waals surface area contributed by atoms with Crippen molar-refractivity contribution in [2.45, 2.75) is 0 Å². The Kier molecular flexibility index (Phi) is 7.57. The molecule has 5 nitrogen and oxygen atoms in total. The van der Waals surface area contributed by atoms with Crippen LogP contribution in [0.3, 0.4) is 0 Å². The van der Waals surface area contributed by atoms with Crippen LogP contribution in [0.1, 0.15) is 16.7 Å². The summed E-state index contributed by atoms with van der Waals surface area (Å²) in [5.74, 6) is 0. The SMILES string of the molecule is N#Cc1ccc(-n2c3ccccc3c3cccc(-c4ccccc4-c4ccccc4-c4ccc5c6cc(C#N)ccc6n(-c6ccccc6C#N)c5c4)c32)cc1. The molecule has 0 amide bonds. The van der Waals surface area contributed by atoms with E-state index in [0.29, 0.717) is 16.7 Å². The Hall–Kier alpha value is -8.17. The second-order valence-electron chi connectivity index (χ2n) is 13.8. The second-order valence-corrected chi connectivity index (χ2v) is 13.8. The normalized spacial score (nSPS) is 11.2. The third-order valence-electron chi connectivity index (χ3n) is 10.9. The summed E-state index contributed by atoms with van der Waals surface area (Å²) in [5.41, 5.74) is 14.1. The zero-order valence-electron chi connectivity index (χ0n) is 30.0. The van der Waals surface area contributed by atoms with Gasteiger partial charge in [0.05, 0.1) is 56.6 Å². The van der Waals surface area contributed by atoms with Crippen LogP contribution < -0.4 is 0 Å². The molecular weight excluding hydrogens is 683 g/mol. The van der Waals surface area contributed by atoms with Gasteiger partial charge in [-0.25, -0.2) is 0 Å². The van der Waals surface area contributed by atoms with E-state index < -0.39 is 0 Å². The minimum atomic E-state index is 0.572. The zero-order chi connectivity index (χ0) is 37.8. The molecule has 5 heteroatoms. The lowest BCUT2D eigenvalue weighted by molar-refractivity contribution is 1.17. The molecule has 10 rings (SSSR count). The molecule has 0 aliphatic rings. The number of hydrogen-bond donors (Lipinski definition) is 0. The van der Waals surface area contributed by atoms with Gasteiger partial charge in [0, 0.05) is 32.8 Å². The summed E-state index contributed by atoms with van der Waals surface area (Å²) in [6, 6.07) is 66.8. The van der Waals surface area contributed by atoms with E-state index in [1.807, 2.05) is 66.7 Å². The van der Waals surface area contributed by atoms with Gasteiger partial charge in [-0.15, -0.1) is 0 Å². The van der Waals surface area contributed by atoms with E-state index in [-0.39, 0.29) is 0 Å². The molecule has 0 spiro atoms. The minimum absolute atomic E-state index is 0.572. The van der Waals surface area contributed by atoms with Crippen LogP contribution in [0.25, 0.3) is 88.4 Å². The molecule has 0 bridgehead atoms. The van der Waals surface area contributed by atoms with E-state index in [9.17, 15) is 15.8 Å². The first-order valence-corrected chi connectivity index (χ1v) is 18.4. The maximum atomic E-state index is 10.1. The molecule has 0 radical (unpaired) electrons. The van der Waals surface area contributed by atoms with Gasteiger partial charge in [-0.1, -0.05) is 109 Å². The molecule has 56 heavy (non-hydrogen) atoms. The fraction of sp³-hybridized carbons (Fsp3) is 0. The predicted molar refractivity (Wildman–Crippen MR) is 226 cm³/mol. The van der Waals surface area contributed by atoms with E-state index in [1.54, 1.807) is 0 Å². The molecule has 0 atom stereocenters. The number of nitrogens with zero attached hydrogens (tertiary/aromatic N) is 5. The number of hydrogen-bond acceptors (Lipinski definition) is 3. The summed E-state index contributed by atoms with van der Waals surface area (Å²) in [4.78, 5) is 0. The topological polar surface area (TPSA) is 81.2 Å². The number of benzene rings is 8. The van der Waals surface area contributed by atoms with Gasteiger partial charge in [0.2, 0.25) is 0 Å². The van der Waals surface area contributed by atoms with Crippen LogP contribution in [0.5, 0.6) is 0 Å². The molecular formula is C51H29N5. The van der Waals surface area contributed by atoms with Crippen LogP contribution in [0.15, 0.2) is 176 Å². The van der Waals surface area contributed by atoms with Crippen molar-refractivity contribution in [2.75, 3.05) is 0 Å². The Bertz CT molecular complexity index is 3340. The van der Waals surface area contributed by atoms with E-state index in [2.05, 4.69) is 137 Å². The van der Waals surface area contributed by atoms with Crippen LogP contribution in [-0.2, 0) is 0 Å². The van der Waals surface area contributed by atoms with Crippen LogP contribution in [0.4, 0.5) is 0 Å². The molecule has 0 aliphatic carbocycles. The van der Waals surface area contributed by atoms with Gasteiger partial charge >= 0.3 is 0 Å². The number of rotatable bonds is 5. The average Bonchev–Trinajstić information content (AvgIpc) is 3.78. The quantitative estimate of drug-likeness (QED) is 0.178. The van der Waals surface area contributed by atoms with E-state index in [4.69, 9.17) is 0 Å². The smallest absolute Gasteiger partial charge is 0.101 e. The lowest BCUT2D eigenvalue weighted by Crippen LogP contribution is -1.97. The van der Waals surface area contributed by atoms with Crippen molar-refractivity contribution >= 4 is 43.6 Å². The van der Waals surface area contributed by atoms with E-state index >= 15 is 0 Å². The maximum absolute atomic E-state index is 10.1. The fourth-order valence-electron chi connectivity index (χ4n) is 8.39. The second kappa shape index (κ2) is 13.0. The van der Waals surface area contributed by atoms with Crippen molar-refractivity contribution in [1.29, 1.82) is 15.8 Å². The number of fused-ring (bicyclic) bond motifs is 6. The highest BCUT2D eigenvalue weighted by molar-refractivity contribution is 6.15. The number of nitriles is 3. The lowest BCUT2D eigenvalue weighted by atomic mass is 9.88. The average molecular weight is 712 g/mol. The number of para-hydroxylation sites is 3. The molecule has 0 saturated carbocycles. The number of aromatic nitrogens is 2. The first kappa shape index (κ1) is 32.5. The van der Waals surface area contributed by atoms with E-state index in [0.717, 1.165) is 88.4 Å². The molecule has 0 fully saturated rings. The zero-order valence-corrected chi connectivity index (χ0v) is 30.0. The van der Waals surface area contributed by atoms with Gasteiger partial charge in [-0.05, 0) is 94.5 Å². The van der Waals surface area contributed by atoms with Crippen molar-refractivity contribution in [1.82, 2.24) is 9.13 Å². The van der Waals surface area contributed by atoms with Crippen molar-refractivity contribution < 1.29 is 0 Å². The highest BCUT2D eigenvalue weighted by Crippen LogP contribution is 2.44. The molecule has 258 valence electrons.